The van der Waals surface area contributed by atoms with Crippen LogP contribution in [0.3, 0.4) is 0 Å². The van der Waals surface area contributed by atoms with Gasteiger partial charge in [-0.25, -0.2) is 4.79 Å². The van der Waals surface area contributed by atoms with Crippen molar-refractivity contribution in [2.75, 3.05) is 5.32 Å². The van der Waals surface area contributed by atoms with Gasteiger partial charge in [0, 0.05) is 5.69 Å². The highest BCUT2D eigenvalue weighted by molar-refractivity contribution is 5.88. The van der Waals surface area contributed by atoms with Gasteiger partial charge in [0.05, 0.1) is 12.1 Å². The Balaban J connectivity index is 2.08. The molecule has 0 amide bonds. The normalized spacial score (nSPS) is 10.3. The van der Waals surface area contributed by atoms with Crippen LogP contribution in [0.5, 0.6) is 0 Å². The Morgan fingerprint density at radius 1 is 1.28 bits per heavy atom. The van der Waals surface area contributed by atoms with Gasteiger partial charge < -0.3 is 14.8 Å². The highest BCUT2D eigenvalue weighted by Crippen LogP contribution is 2.18. The van der Waals surface area contributed by atoms with Crippen LogP contribution in [0.25, 0.3) is 0 Å². The molecule has 2 aromatic rings. The third-order valence-electron chi connectivity index (χ3n) is 2.72. The van der Waals surface area contributed by atoms with Crippen LogP contribution in [0.4, 0.5) is 5.69 Å². The van der Waals surface area contributed by atoms with Gasteiger partial charge in [0.2, 0.25) is 0 Å². The number of anilines is 1. The minimum absolute atomic E-state index is 0.298. The second-order valence-electron chi connectivity index (χ2n) is 4.20. The molecule has 1 aromatic carbocycles. The van der Waals surface area contributed by atoms with Crippen molar-refractivity contribution in [3.05, 3.63) is 53.0 Å². The number of carboxylic acid groups (broad SMARTS) is 1. The Labute approximate surface area is 105 Å². The van der Waals surface area contributed by atoms with E-state index in [-0.39, 0.29) is 0 Å². The third kappa shape index (κ3) is 2.71. The first-order valence-corrected chi connectivity index (χ1v) is 5.69. The lowest BCUT2D eigenvalue weighted by molar-refractivity contribution is 0.0697. The largest absolute Gasteiger partial charge is 0.478 e. The van der Waals surface area contributed by atoms with Gasteiger partial charge in [-0.05, 0) is 49.7 Å². The van der Waals surface area contributed by atoms with E-state index >= 15 is 0 Å². The van der Waals surface area contributed by atoms with Gasteiger partial charge in [0.15, 0.2) is 0 Å². The predicted octanol–water partition coefficient (Wildman–Crippen LogP) is 3.21. The molecule has 0 aliphatic rings. The molecule has 0 fully saturated rings. The summed E-state index contributed by atoms with van der Waals surface area (Å²) in [6.45, 7) is 4.36. The number of aromatic carboxylic acids is 1. The lowest BCUT2D eigenvalue weighted by atomic mass is 10.1. The van der Waals surface area contributed by atoms with Crippen LogP contribution >= 0.6 is 0 Å². The monoisotopic (exact) mass is 245 g/mol. The summed E-state index contributed by atoms with van der Waals surface area (Å²) in [4.78, 5) is 10.8. The summed E-state index contributed by atoms with van der Waals surface area (Å²) < 4.78 is 5.45. The van der Waals surface area contributed by atoms with Gasteiger partial charge in [0.25, 0.3) is 0 Å². The summed E-state index contributed by atoms with van der Waals surface area (Å²) in [7, 11) is 0. The maximum absolute atomic E-state index is 10.8. The van der Waals surface area contributed by atoms with Crippen LogP contribution in [0.1, 0.15) is 27.4 Å². The van der Waals surface area contributed by atoms with Gasteiger partial charge >= 0.3 is 5.97 Å². The highest BCUT2D eigenvalue weighted by Gasteiger charge is 2.06. The van der Waals surface area contributed by atoms with E-state index in [0.717, 1.165) is 22.8 Å². The zero-order valence-corrected chi connectivity index (χ0v) is 10.4. The lowest BCUT2D eigenvalue weighted by Gasteiger charge is -2.08. The van der Waals surface area contributed by atoms with Crippen molar-refractivity contribution in [1.29, 1.82) is 0 Å². The Hall–Kier alpha value is -2.23. The van der Waals surface area contributed by atoms with E-state index in [2.05, 4.69) is 5.32 Å². The number of benzene rings is 1. The molecule has 0 radical (unpaired) electrons. The van der Waals surface area contributed by atoms with E-state index in [1.54, 1.807) is 18.2 Å². The Morgan fingerprint density at radius 3 is 2.61 bits per heavy atom. The molecule has 0 aliphatic carbocycles. The van der Waals surface area contributed by atoms with Gasteiger partial charge in [-0.2, -0.15) is 0 Å². The first-order valence-electron chi connectivity index (χ1n) is 5.69. The Morgan fingerprint density at radius 2 is 2.06 bits per heavy atom. The molecule has 0 bridgehead atoms. The number of carboxylic acids is 1. The quantitative estimate of drug-likeness (QED) is 0.868. The molecule has 0 atom stereocenters. The highest BCUT2D eigenvalue weighted by atomic mass is 16.4. The van der Waals surface area contributed by atoms with Crippen molar-refractivity contribution in [2.45, 2.75) is 20.4 Å². The molecule has 4 nitrogen and oxygen atoms in total. The van der Waals surface area contributed by atoms with E-state index in [4.69, 9.17) is 9.52 Å². The first-order chi connectivity index (χ1) is 8.56. The summed E-state index contributed by atoms with van der Waals surface area (Å²) in [5, 5.41) is 12.1. The van der Waals surface area contributed by atoms with Crippen molar-refractivity contribution in [3.8, 4) is 0 Å². The molecule has 18 heavy (non-hydrogen) atoms. The fourth-order valence-electron chi connectivity index (χ4n) is 1.76. The molecular formula is C14H15NO3. The first kappa shape index (κ1) is 12.2. The molecule has 1 heterocycles. The average Bonchev–Trinajstić information content (AvgIpc) is 2.73. The average molecular weight is 245 g/mol. The number of aryl methyl sites for hydroxylation is 2. The van der Waals surface area contributed by atoms with Crippen molar-refractivity contribution >= 4 is 11.7 Å². The van der Waals surface area contributed by atoms with E-state index in [9.17, 15) is 4.79 Å². The van der Waals surface area contributed by atoms with Crippen LogP contribution in [0.2, 0.25) is 0 Å². The van der Waals surface area contributed by atoms with E-state index in [0.29, 0.717) is 12.1 Å². The summed E-state index contributed by atoms with van der Waals surface area (Å²) in [5.74, 6) is 0.824. The van der Waals surface area contributed by atoms with Crippen LogP contribution < -0.4 is 5.32 Å². The topological polar surface area (TPSA) is 62.5 Å². The molecule has 0 saturated carbocycles. The van der Waals surface area contributed by atoms with Crippen LogP contribution in [0, 0.1) is 13.8 Å². The SMILES string of the molecule is Cc1ccc(CNc2ccc(C(=O)O)cc2C)o1. The van der Waals surface area contributed by atoms with Crippen LogP contribution in [-0.2, 0) is 6.54 Å². The van der Waals surface area contributed by atoms with E-state index in [1.807, 2.05) is 26.0 Å². The molecule has 1 aromatic heterocycles. The minimum atomic E-state index is -0.911. The summed E-state index contributed by atoms with van der Waals surface area (Å²) >= 11 is 0. The smallest absolute Gasteiger partial charge is 0.335 e. The van der Waals surface area contributed by atoms with Crippen molar-refractivity contribution in [3.63, 3.8) is 0 Å². The minimum Gasteiger partial charge on any atom is -0.478 e. The Kier molecular flexibility index (Phi) is 3.37. The predicted molar refractivity (Wildman–Crippen MR) is 68.9 cm³/mol. The number of furan rings is 1. The summed E-state index contributed by atoms with van der Waals surface area (Å²) in [5.41, 5.74) is 2.11. The fraction of sp³-hybridized carbons (Fsp3) is 0.214. The van der Waals surface area contributed by atoms with Crippen molar-refractivity contribution in [1.82, 2.24) is 0 Å². The van der Waals surface area contributed by atoms with Gasteiger partial charge in [0.1, 0.15) is 11.5 Å². The number of carbonyl (C=O) groups is 1. The molecule has 94 valence electrons. The van der Waals surface area contributed by atoms with Gasteiger partial charge in [-0.15, -0.1) is 0 Å². The van der Waals surface area contributed by atoms with Crippen LogP contribution in [-0.4, -0.2) is 11.1 Å². The molecule has 2 rings (SSSR count). The van der Waals surface area contributed by atoms with E-state index in [1.165, 1.54) is 0 Å². The second-order valence-corrected chi connectivity index (χ2v) is 4.20. The van der Waals surface area contributed by atoms with Crippen molar-refractivity contribution in [2.24, 2.45) is 0 Å². The van der Waals surface area contributed by atoms with E-state index < -0.39 is 5.97 Å². The lowest BCUT2D eigenvalue weighted by Crippen LogP contribution is -2.02. The number of hydrogen-bond donors (Lipinski definition) is 2. The maximum Gasteiger partial charge on any atom is 0.335 e. The Bertz CT molecular complexity index is 572. The zero-order valence-electron chi connectivity index (χ0n) is 10.4. The molecule has 0 saturated heterocycles. The number of nitrogens with one attached hydrogen (secondary N) is 1. The molecule has 0 unspecified atom stereocenters. The molecule has 0 aliphatic heterocycles. The molecule has 4 heteroatoms. The number of hydrogen-bond acceptors (Lipinski definition) is 3. The fourth-order valence-corrected chi connectivity index (χ4v) is 1.76. The summed E-state index contributed by atoms with van der Waals surface area (Å²) in [6.07, 6.45) is 0. The van der Waals surface area contributed by atoms with Crippen molar-refractivity contribution < 1.29 is 14.3 Å². The van der Waals surface area contributed by atoms with Gasteiger partial charge in [-0.3, -0.25) is 0 Å². The zero-order chi connectivity index (χ0) is 13.1. The summed E-state index contributed by atoms with van der Waals surface area (Å²) in [6, 6.07) is 8.85. The molecule has 0 spiro atoms. The van der Waals surface area contributed by atoms with Crippen LogP contribution in [0.15, 0.2) is 34.7 Å². The molecule has 2 N–H and O–H groups in total. The molecular weight excluding hydrogens is 230 g/mol. The second kappa shape index (κ2) is 4.96. The number of rotatable bonds is 4. The third-order valence-corrected chi connectivity index (χ3v) is 2.72. The van der Waals surface area contributed by atoms with Gasteiger partial charge in [-0.1, -0.05) is 0 Å². The maximum atomic E-state index is 10.8. The standard InChI is InChI=1S/C14H15NO3/c1-9-7-11(14(16)17)4-6-13(9)15-8-12-5-3-10(2)18-12/h3-7,15H,8H2,1-2H3,(H,16,17).